The van der Waals surface area contributed by atoms with E-state index >= 15 is 0 Å². The summed E-state index contributed by atoms with van der Waals surface area (Å²) in [4.78, 5) is 11.7. The molecule has 1 atom stereocenters. The van der Waals surface area contributed by atoms with Gasteiger partial charge in [0, 0.05) is 22.8 Å². The number of nitrogens with zero attached hydrogens (tertiary/aromatic N) is 1. The zero-order valence-corrected chi connectivity index (χ0v) is 14.3. The van der Waals surface area contributed by atoms with E-state index in [1.165, 1.54) is 0 Å². The molecule has 110 valence electrons. The third kappa shape index (κ3) is 6.43. The van der Waals surface area contributed by atoms with Crippen LogP contribution >= 0.6 is 15.9 Å². The van der Waals surface area contributed by atoms with Crippen LogP contribution in [0.3, 0.4) is 0 Å². The van der Waals surface area contributed by atoms with E-state index in [4.69, 9.17) is 0 Å². The molecule has 0 aliphatic heterocycles. The predicted molar refractivity (Wildman–Crippen MR) is 88.4 cm³/mol. The second-order valence-corrected chi connectivity index (χ2v) is 8.10. The maximum Gasteiger partial charge on any atom is 0.224 e. The van der Waals surface area contributed by atoms with Crippen LogP contribution in [-0.2, 0) is 15.8 Å². The first kappa shape index (κ1) is 17.0. The lowest BCUT2D eigenvalue weighted by Gasteiger charge is -2.12. The molecule has 0 heterocycles. The van der Waals surface area contributed by atoms with Crippen molar-refractivity contribution in [3.63, 3.8) is 0 Å². The standard InChI is InChI=1S/C14H19BrN2O2S/c1-14(2,3)20(19)16-9-5-8-13(18)17-12-7-4-6-11(15)10-12/h4,6-7,9-10H,5,8H2,1-3H3,(H,17,18)/b16-9+. The molecule has 4 nitrogen and oxygen atoms in total. The Morgan fingerprint density at radius 3 is 2.75 bits per heavy atom. The molecule has 0 saturated carbocycles. The Balaban J connectivity index is 2.38. The fourth-order valence-corrected chi connectivity index (χ4v) is 2.22. The summed E-state index contributed by atoms with van der Waals surface area (Å²) in [5, 5.41) is 2.79. The van der Waals surface area contributed by atoms with Gasteiger partial charge in [-0.15, -0.1) is 0 Å². The number of halogens is 1. The summed E-state index contributed by atoms with van der Waals surface area (Å²) < 4.78 is 16.1. The van der Waals surface area contributed by atoms with Gasteiger partial charge in [0.05, 0.1) is 4.75 Å². The van der Waals surface area contributed by atoms with Gasteiger partial charge in [-0.3, -0.25) is 4.79 Å². The number of hydrogen-bond donors (Lipinski definition) is 1. The third-order valence-electron chi connectivity index (χ3n) is 2.30. The Morgan fingerprint density at radius 2 is 2.15 bits per heavy atom. The molecule has 6 heteroatoms. The van der Waals surface area contributed by atoms with Crippen LogP contribution in [0.2, 0.25) is 0 Å². The number of carbonyl (C=O) groups is 1. The van der Waals surface area contributed by atoms with Crippen LogP contribution in [0.15, 0.2) is 33.1 Å². The first-order chi connectivity index (χ1) is 9.29. The lowest BCUT2D eigenvalue weighted by atomic mass is 10.3. The molecule has 1 rings (SSSR count). The van der Waals surface area contributed by atoms with E-state index in [-0.39, 0.29) is 10.7 Å². The van der Waals surface area contributed by atoms with Crippen molar-refractivity contribution < 1.29 is 9.00 Å². The van der Waals surface area contributed by atoms with Gasteiger partial charge in [-0.1, -0.05) is 22.0 Å². The van der Waals surface area contributed by atoms with Crippen molar-refractivity contribution in [3.05, 3.63) is 28.7 Å². The molecule has 1 aromatic carbocycles. The second-order valence-electron chi connectivity index (χ2n) is 5.25. The van der Waals surface area contributed by atoms with E-state index in [0.29, 0.717) is 12.8 Å². The van der Waals surface area contributed by atoms with Crippen LogP contribution in [0.4, 0.5) is 5.69 Å². The maximum atomic E-state index is 11.7. The number of nitrogens with one attached hydrogen (secondary N) is 1. The topological polar surface area (TPSA) is 58.5 Å². The van der Waals surface area contributed by atoms with Gasteiger partial charge in [-0.25, -0.2) is 4.21 Å². The van der Waals surface area contributed by atoms with Gasteiger partial charge in [0.15, 0.2) is 0 Å². The van der Waals surface area contributed by atoms with E-state index in [0.717, 1.165) is 10.2 Å². The minimum absolute atomic E-state index is 0.0870. The van der Waals surface area contributed by atoms with Crippen molar-refractivity contribution >= 4 is 44.7 Å². The Morgan fingerprint density at radius 1 is 1.45 bits per heavy atom. The highest BCUT2D eigenvalue weighted by Gasteiger charge is 2.17. The highest BCUT2D eigenvalue weighted by molar-refractivity contribution is 9.10. The van der Waals surface area contributed by atoms with Crippen LogP contribution in [0.25, 0.3) is 0 Å². The minimum atomic E-state index is -1.26. The quantitative estimate of drug-likeness (QED) is 0.815. The molecule has 0 radical (unpaired) electrons. The largest absolute Gasteiger partial charge is 0.326 e. The molecule has 1 amide bonds. The van der Waals surface area contributed by atoms with E-state index in [1.54, 1.807) is 6.21 Å². The van der Waals surface area contributed by atoms with Crippen molar-refractivity contribution in [1.29, 1.82) is 0 Å². The van der Waals surface area contributed by atoms with Crippen molar-refractivity contribution in [2.45, 2.75) is 38.4 Å². The molecular formula is C14H19BrN2O2S. The normalized spacial score (nSPS) is 13.4. The summed E-state index contributed by atoms with van der Waals surface area (Å²) in [7, 11) is -1.26. The number of amides is 1. The van der Waals surface area contributed by atoms with Crippen molar-refractivity contribution in [2.75, 3.05) is 5.32 Å². The smallest absolute Gasteiger partial charge is 0.224 e. The number of carbonyl (C=O) groups excluding carboxylic acids is 1. The van der Waals surface area contributed by atoms with Gasteiger partial charge in [0.25, 0.3) is 0 Å². The molecule has 0 spiro atoms. The van der Waals surface area contributed by atoms with E-state index in [2.05, 4.69) is 25.6 Å². The molecule has 1 aromatic rings. The third-order valence-corrected chi connectivity index (χ3v) is 4.18. The highest BCUT2D eigenvalue weighted by Crippen LogP contribution is 2.16. The number of rotatable bonds is 5. The van der Waals surface area contributed by atoms with Gasteiger partial charge in [0.2, 0.25) is 5.91 Å². The molecular weight excluding hydrogens is 340 g/mol. The van der Waals surface area contributed by atoms with Crippen molar-refractivity contribution in [1.82, 2.24) is 0 Å². The van der Waals surface area contributed by atoms with Crippen molar-refractivity contribution in [2.24, 2.45) is 4.40 Å². The van der Waals surface area contributed by atoms with E-state index < -0.39 is 11.0 Å². The Hall–Kier alpha value is -1.01. The Labute approximate surface area is 130 Å². The zero-order valence-electron chi connectivity index (χ0n) is 11.9. The molecule has 0 aliphatic rings. The average Bonchev–Trinajstić information content (AvgIpc) is 2.33. The number of hydrogen-bond acceptors (Lipinski definition) is 2. The van der Waals surface area contributed by atoms with E-state index in [9.17, 15) is 9.00 Å². The number of anilines is 1. The Bertz CT molecular complexity index is 524. The predicted octanol–water partition coefficient (Wildman–Crippen LogP) is 3.70. The Kier molecular flexibility index (Phi) is 6.55. The molecule has 1 unspecified atom stereocenters. The first-order valence-electron chi connectivity index (χ1n) is 6.29. The molecule has 0 aromatic heterocycles. The highest BCUT2D eigenvalue weighted by atomic mass is 79.9. The molecule has 1 N–H and O–H groups in total. The van der Waals surface area contributed by atoms with Gasteiger partial charge in [0.1, 0.15) is 11.0 Å². The fourth-order valence-electron chi connectivity index (χ4n) is 1.26. The summed E-state index contributed by atoms with van der Waals surface area (Å²) >= 11 is 3.34. The minimum Gasteiger partial charge on any atom is -0.326 e. The lowest BCUT2D eigenvalue weighted by molar-refractivity contribution is -0.116. The average molecular weight is 359 g/mol. The summed E-state index contributed by atoms with van der Waals surface area (Å²) in [5.41, 5.74) is 0.750. The number of benzene rings is 1. The van der Waals surface area contributed by atoms with E-state index in [1.807, 2.05) is 45.0 Å². The summed E-state index contributed by atoms with van der Waals surface area (Å²) in [6, 6.07) is 7.41. The maximum absolute atomic E-state index is 11.7. The van der Waals surface area contributed by atoms with Gasteiger partial charge < -0.3 is 5.32 Å². The van der Waals surface area contributed by atoms with Crippen LogP contribution in [-0.4, -0.2) is 21.1 Å². The van der Waals surface area contributed by atoms with Crippen LogP contribution in [0.5, 0.6) is 0 Å². The molecule has 0 saturated heterocycles. The summed E-state index contributed by atoms with van der Waals surface area (Å²) in [6.45, 7) is 5.58. The van der Waals surface area contributed by atoms with Crippen LogP contribution in [0, 0.1) is 0 Å². The lowest BCUT2D eigenvalue weighted by Crippen LogP contribution is -2.19. The summed E-state index contributed by atoms with van der Waals surface area (Å²) in [6.07, 6.45) is 2.35. The van der Waals surface area contributed by atoms with Gasteiger partial charge in [-0.05, 0) is 45.4 Å². The van der Waals surface area contributed by atoms with Gasteiger partial charge in [-0.2, -0.15) is 4.40 Å². The second kappa shape index (κ2) is 7.69. The van der Waals surface area contributed by atoms with Crippen LogP contribution < -0.4 is 5.32 Å². The van der Waals surface area contributed by atoms with Gasteiger partial charge >= 0.3 is 0 Å². The molecule has 0 fully saturated rings. The molecule has 20 heavy (non-hydrogen) atoms. The molecule has 0 aliphatic carbocycles. The van der Waals surface area contributed by atoms with Crippen LogP contribution in [0.1, 0.15) is 33.6 Å². The fraction of sp³-hybridized carbons (Fsp3) is 0.429. The SMILES string of the molecule is CC(C)(C)S(=O)/N=C/CCC(=O)Nc1cccc(Br)c1. The molecule has 0 bridgehead atoms. The summed E-state index contributed by atoms with van der Waals surface area (Å²) in [5.74, 6) is -0.0870. The monoisotopic (exact) mass is 358 g/mol. The van der Waals surface area contributed by atoms with Crippen molar-refractivity contribution in [3.8, 4) is 0 Å². The zero-order chi connectivity index (χ0) is 15.2. The first-order valence-corrected chi connectivity index (χ1v) is 8.19.